The normalized spacial score (nSPS) is 10.5. The first-order chi connectivity index (χ1) is 9.81. The number of nitrogens with zero attached hydrogens (tertiary/aromatic N) is 1. The van der Waals surface area contributed by atoms with E-state index < -0.39 is 27.5 Å². The van der Waals surface area contributed by atoms with Crippen LogP contribution in [0.4, 0.5) is 0 Å². The van der Waals surface area contributed by atoms with E-state index in [0.29, 0.717) is 0 Å². The highest BCUT2D eigenvalue weighted by Crippen LogP contribution is 2.23. The maximum Gasteiger partial charge on any atom is 0.339 e. The topological polar surface area (TPSA) is 134 Å². The number of rotatable bonds is 6. The van der Waals surface area contributed by atoms with Gasteiger partial charge in [-0.3, -0.25) is 4.79 Å². The molecule has 0 spiro atoms. The molecule has 0 heterocycles. The summed E-state index contributed by atoms with van der Waals surface area (Å²) in [6.07, 6.45) is 0. The van der Waals surface area contributed by atoms with Crippen molar-refractivity contribution in [1.82, 2.24) is 5.32 Å². The van der Waals surface area contributed by atoms with Crippen LogP contribution in [-0.4, -0.2) is 44.8 Å². The smallest absolute Gasteiger partial charge is 0.339 e. The lowest BCUT2D eigenvalue weighted by Crippen LogP contribution is -2.30. The Morgan fingerprint density at radius 2 is 2.10 bits per heavy atom. The van der Waals surface area contributed by atoms with Crippen molar-refractivity contribution in [2.45, 2.75) is 4.90 Å². The molecule has 9 heteroatoms. The standard InChI is InChI=1S/C12H12N2O6S/c1-20-10-3-2-8(6-9(10)12(16)17)21(18,19)7-11(15)14-5-4-13/h2-3,6H,5,7H2,1H3,(H,14,15)(H,16,17). The van der Waals surface area contributed by atoms with E-state index >= 15 is 0 Å². The third kappa shape index (κ3) is 4.19. The van der Waals surface area contributed by atoms with Gasteiger partial charge < -0.3 is 15.2 Å². The lowest BCUT2D eigenvalue weighted by Gasteiger charge is -2.08. The number of sulfone groups is 1. The van der Waals surface area contributed by atoms with E-state index in [1.807, 2.05) is 0 Å². The number of benzene rings is 1. The predicted molar refractivity (Wildman–Crippen MR) is 70.6 cm³/mol. The summed E-state index contributed by atoms with van der Waals surface area (Å²) in [4.78, 5) is 22.1. The van der Waals surface area contributed by atoms with Gasteiger partial charge in [0.2, 0.25) is 5.91 Å². The van der Waals surface area contributed by atoms with Gasteiger partial charge in [0.1, 0.15) is 23.6 Å². The number of carboxylic acid groups (broad SMARTS) is 1. The number of carbonyl (C=O) groups is 2. The van der Waals surface area contributed by atoms with Crippen molar-refractivity contribution in [3.63, 3.8) is 0 Å². The molecule has 1 aromatic rings. The van der Waals surface area contributed by atoms with Crippen LogP contribution in [0.2, 0.25) is 0 Å². The second-order valence-electron chi connectivity index (χ2n) is 3.86. The Balaban J connectivity index is 3.10. The number of aromatic carboxylic acids is 1. The Hall–Kier alpha value is -2.60. The van der Waals surface area contributed by atoms with Crippen LogP contribution < -0.4 is 10.1 Å². The molecule has 0 aliphatic heterocycles. The van der Waals surface area contributed by atoms with Gasteiger partial charge in [-0.15, -0.1) is 0 Å². The summed E-state index contributed by atoms with van der Waals surface area (Å²) >= 11 is 0. The molecule has 0 saturated heterocycles. The van der Waals surface area contributed by atoms with Crippen LogP contribution in [0.25, 0.3) is 0 Å². The second kappa shape index (κ2) is 6.71. The fraction of sp³-hybridized carbons (Fsp3) is 0.250. The highest BCUT2D eigenvalue weighted by molar-refractivity contribution is 7.92. The van der Waals surface area contributed by atoms with Gasteiger partial charge in [0, 0.05) is 0 Å². The molecule has 1 amide bonds. The Morgan fingerprint density at radius 3 is 2.62 bits per heavy atom. The number of nitrogens with one attached hydrogen (secondary N) is 1. The highest BCUT2D eigenvalue weighted by atomic mass is 32.2. The number of nitriles is 1. The van der Waals surface area contributed by atoms with E-state index in [-0.39, 0.29) is 22.8 Å². The first-order valence-electron chi connectivity index (χ1n) is 5.59. The molecule has 0 saturated carbocycles. The van der Waals surface area contributed by atoms with E-state index in [0.717, 1.165) is 12.1 Å². The molecule has 8 nitrogen and oxygen atoms in total. The van der Waals surface area contributed by atoms with Crippen molar-refractivity contribution in [2.24, 2.45) is 0 Å². The molecule has 1 aromatic carbocycles. The summed E-state index contributed by atoms with van der Waals surface area (Å²) in [5.41, 5.74) is -0.323. The number of carboxylic acids is 1. The highest BCUT2D eigenvalue weighted by Gasteiger charge is 2.22. The Labute approximate surface area is 120 Å². The zero-order valence-electron chi connectivity index (χ0n) is 11.0. The molecule has 0 atom stereocenters. The Morgan fingerprint density at radius 1 is 1.43 bits per heavy atom. The van der Waals surface area contributed by atoms with Gasteiger partial charge in [-0.05, 0) is 18.2 Å². The minimum Gasteiger partial charge on any atom is -0.496 e. The number of methoxy groups -OCH3 is 1. The summed E-state index contributed by atoms with van der Waals surface area (Å²) in [7, 11) is -2.76. The number of ether oxygens (including phenoxy) is 1. The summed E-state index contributed by atoms with van der Waals surface area (Å²) in [5.74, 6) is -3.06. The lowest BCUT2D eigenvalue weighted by atomic mass is 10.2. The maximum atomic E-state index is 12.0. The Kier molecular flexibility index (Phi) is 5.26. The van der Waals surface area contributed by atoms with Crippen molar-refractivity contribution in [1.29, 1.82) is 5.26 Å². The molecule has 2 N–H and O–H groups in total. The van der Waals surface area contributed by atoms with Crippen LogP contribution in [0, 0.1) is 11.3 Å². The summed E-state index contributed by atoms with van der Waals surface area (Å²) in [6.45, 7) is -0.308. The molecule has 0 aliphatic carbocycles. The summed E-state index contributed by atoms with van der Waals surface area (Å²) < 4.78 is 28.8. The van der Waals surface area contributed by atoms with Crippen molar-refractivity contribution < 1.29 is 27.9 Å². The monoisotopic (exact) mass is 312 g/mol. The van der Waals surface area contributed by atoms with Crippen molar-refractivity contribution in [3.8, 4) is 11.8 Å². The van der Waals surface area contributed by atoms with E-state index in [4.69, 9.17) is 15.1 Å². The summed E-state index contributed by atoms with van der Waals surface area (Å²) in [5, 5.41) is 19.4. The van der Waals surface area contributed by atoms with Gasteiger partial charge in [0.25, 0.3) is 0 Å². The van der Waals surface area contributed by atoms with Gasteiger partial charge in [-0.25, -0.2) is 13.2 Å². The molecule has 0 aliphatic rings. The molecule has 0 bridgehead atoms. The average molecular weight is 312 g/mol. The fourth-order valence-corrected chi connectivity index (χ4v) is 2.68. The molecule has 21 heavy (non-hydrogen) atoms. The lowest BCUT2D eigenvalue weighted by molar-refractivity contribution is -0.118. The molecule has 0 aromatic heterocycles. The molecule has 0 radical (unpaired) electrons. The van der Waals surface area contributed by atoms with Gasteiger partial charge >= 0.3 is 5.97 Å². The molecule has 0 fully saturated rings. The second-order valence-corrected chi connectivity index (χ2v) is 5.85. The summed E-state index contributed by atoms with van der Waals surface area (Å²) in [6, 6.07) is 4.92. The molecular formula is C12H12N2O6S. The molecule has 0 unspecified atom stereocenters. The largest absolute Gasteiger partial charge is 0.496 e. The first-order valence-corrected chi connectivity index (χ1v) is 7.24. The van der Waals surface area contributed by atoms with Crippen molar-refractivity contribution in [2.75, 3.05) is 19.4 Å². The van der Waals surface area contributed by atoms with Gasteiger partial charge in [0.05, 0.1) is 18.1 Å². The van der Waals surface area contributed by atoms with Gasteiger partial charge in [-0.2, -0.15) is 5.26 Å². The number of amides is 1. The first kappa shape index (κ1) is 16.5. The van der Waals surface area contributed by atoms with E-state index in [9.17, 15) is 18.0 Å². The maximum absolute atomic E-state index is 12.0. The third-order valence-electron chi connectivity index (χ3n) is 2.45. The van der Waals surface area contributed by atoms with Crippen LogP contribution in [0.5, 0.6) is 5.75 Å². The third-order valence-corrected chi connectivity index (χ3v) is 4.06. The van der Waals surface area contributed by atoms with Gasteiger partial charge in [0.15, 0.2) is 9.84 Å². The number of hydrogen-bond donors (Lipinski definition) is 2. The SMILES string of the molecule is COc1ccc(S(=O)(=O)CC(=O)NCC#N)cc1C(=O)O. The van der Waals surface area contributed by atoms with Gasteiger partial charge in [-0.1, -0.05) is 0 Å². The van der Waals surface area contributed by atoms with Crippen LogP contribution in [0.3, 0.4) is 0 Å². The van der Waals surface area contributed by atoms with E-state index in [1.165, 1.54) is 13.2 Å². The van der Waals surface area contributed by atoms with Crippen LogP contribution in [-0.2, 0) is 14.6 Å². The number of hydrogen-bond acceptors (Lipinski definition) is 6. The van der Waals surface area contributed by atoms with E-state index in [1.54, 1.807) is 6.07 Å². The quantitative estimate of drug-likeness (QED) is 0.695. The zero-order valence-corrected chi connectivity index (χ0v) is 11.8. The van der Waals surface area contributed by atoms with Crippen LogP contribution in [0.1, 0.15) is 10.4 Å². The molecule has 112 valence electrons. The minimum absolute atomic E-state index is 0.00961. The number of carbonyl (C=O) groups excluding carboxylic acids is 1. The predicted octanol–water partition coefficient (Wildman–Crippen LogP) is -0.193. The zero-order chi connectivity index (χ0) is 16.0. The van der Waals surface area contributed by atoms with Crippen LogP contribution >= 0.6 is 0 Å². The molecule has 1 rings (SSSR count). The molecular weight excluding hydrogens is 300 g/mol. The minimum atomic E-state index is -4.01. The Bertz CT molecular complexity index is 705. The fourth-order valence-electron chi connectivity index (χ4n) is 1.49. The van der Waals surface area contributed by atoms with Crippen molar-refractivity contribution in [3.05, 3.63) is 23.8 Å². The van der Waals surface area contributed by atoms with E-state index in [2.05, 4.69) is 5.32 Å². The van der Waals surface area contributed by atoms with Crippen molar-refractivity contribution >= 4 is 21.7 Å². The average Bonchev–Trinajstić information content (AvgIpc) is 2.43. The van der Waals surface area contributed by atoms with Crippen LogP contribution in [0.15, 0.2) is 23.1 Å².